The van der Waals surface area contributed by atoms with Crippen molar-refractivity contribution < 1.29 is 9.47 Å². The summed E-state index contributed by atoms with van der Waals surface area (Å²) in [4.78, 5) is 0. The lowest BCUT2D eigenvalue weighted by Crippen LogP contribution is -2.27. The number of rotatable bonds is 8. The van der Waals surface area contributed by atoms with E-state index < -0.39 is 0 Å². The number of nitrogens with one attached hydrogen (secondary N) is 1. The number of hydrogen-bond acceptors (Lipinski definition) is 3. The molecule has 0 spiro atoms. The molecule has 1 aromatic rings. The molecule has 3 nitrogen and oxygen atoms in total. The first-order valence-corrected chi connectivity index (χ1v) is 6.32. The highest BCUT2D eigenvalue weighted by Crippen LogP contribution is 2.26. The Morgan fingerprint density at radius 1 is 1.06 bits per heavy atom. The van der Waals surface area contributed by atoms with Gasteiger partial charge < -0.3 is 14.8 Å². The molecule has 0 radical (unpaired) electrons. The minimum atomic E-state index is 0.491. The zero-order chi connectivity index (χ0) is 12.5. The second-order valence-corrected chi connectivity index (χ2v) is 4.25. The van der Waals surface area contributed by atoms with Crippen LogP contribution >= 0.6 is 0 Å². The summed E-state index contributed by atoms with van der Waals surface area (Å²) in [5.41, 5.74) is 0. The van der Waals surface area contributed by atoms with Crippen LogP contribution in [-0.4, -0.2) is 25.8 Å². The van der Waals surface area contributed by atoms with Crippen LogP contribution in [0, 0.1) is 0 Å². The van der Waals surface area contributed by atoms with E-state index in [2.05, 4.69) is 26.1 Å². The molecule has 0 fully saturated rings. The molecule has 0 amide bonds. The molecular weight excluding hydrogens is 214 g/mol. The zero-order valence-electron chi connectivity index (χ0n) is 11.0. The predicted octanol–water partition coefficient (Wildman–Crippen LogP) is 2.85. The Hall–Kier alpha value is -1.22. The van der Waals surface area contributed by atoms with Gasteiger partial charge in [-0.3, -0.25) is 0 Å². The third-order valence-electron chi connectivity index (χ3n) is 2.22. The van der Waals surface area contributed by atoms with E-state index in [1.165, 1.54) is 0 Å². The fourth-order valence-electron chi connectivity index (χ4n) is 1.41. The Kier molecular flexibility index (Phi) is 6.48. The molecule has 0 bridgehead atoms. The molecule has 0 aromatic heterocycles. The van der Waals surface area contributed by atoms with E-state index >= 15 is 0 Å². The predicted molar refractivity (Wildman–Crippen MR) is 70.9 cm³/mol. The molecule has 0 saturated carbocycles. The maximum Gasteiger partial charge on any atom is 0.161 e. The highest BCUT2D eigenvalue weighted by atomic mass is 16.5. The van der Waals surface area contributed by atoms with Crippen LogP contribution in [0.5, 0.6) is 11.5 Å². The molecule has 0 saturated heterocycles. The molecule has 0 aliphatic heterocycles. The van der Waals surface area contributed by atoms with E-state index in [0.717, 1.165) is 31.1 Å². The molecule has 0 atom stereocenters. The third kappa shape index (κ3) is 5.59. The minimum Gasteiger partial charge on any atom is -0.490 e. The Bertz CT molecular complexity index is 313. The monoisotopic (exact) mass is 237 g/mol. The van der Waals surface area contributed by atoms with Gasteiger partial charge in [0.1, 0.15) is 6.61 Å². The Morgan fingerprint density at radius 2 is 1.65 bits per heavy atom. The Balaban J connectivity index is 2.40. The summed E-state index contributed by atoms with van der Waals surface area (Å²) in [6.45, 7) is 8.57. The second-order valence-electron chi connectivity index (χ2n) is 4.25. The Morgan fingerprint density at radius 3 is 2.18 bits per heavy atom. The van der Waals surface area contributed by atoms with E-state index in [9.17, 15) is 0 Å². The largest absolute Gasteiger partial charge is 0.490 e. The molecule has 0 aliphatic carbocycles. The van der Waals surface area contributed by atoms with Crippen LogP contribution in [0.1, 0.15) is 27.2 Å². The van der Waals surface area contributed by atoms with Crippen molar-refractivity contribution in [3.63, 3.8) is 0 Å². The van der Waals surface area contributed by atoms with Gasteiger partial charge in [-0.1, -0.05) is 32.9 Å². The van der Waals surface area contributed by atoms with Crippen molar-refractivity contribution in [1.29, 1.82) is 0 Å². The average Bonchev–Trinajstić information content (AvgIpc) is 2.33. The lowest BCUT2D eigenvalue weighted by molar-refractivity contribution is 0.266. The quantitative estimate of drug-likeness (QED) is 0.705. The average molecular weight is 237 g/mol. The molecule has 1 rings (SSSR count). The van der Waals surface area contributed by atoms with Crippen LogP contribution in [0.3, 0.4) is 0 Å². The summed E-state index contributed by atoms with van der Waals surface area (Å²) < 4.78 is 11.3. The topological polar surface area (TPSA) is 30.5 Å². The summed E-state index contributed by atoms with van der Waals surface area (Å²) in [6.07, 6.45) is 1.00. The van der Waals surface area contributed by atoms with Gasteiger partial charge in [-0.2, -0.15) is 0 Å². The molecule has 17 heavy (non-hydrogen) atoms. The number of hydrogen-bond donors (Lipinski definition) is 1. The van der Waals surface area contributed by atoms with Crippen molar-refractivity contribution in [2.45, 2.75) is 33.2 Å². The number of benzene rings is 1. The van der Waals surface area contributed by atoms with Gasteiger partial charge in [-0.15, -0.1) is 0 Å². The molecular formula is C14H23NO2. The molecule has 0 heterocycles. The summed E-state index contributed by atoms with van der Waals surface area (Å²) in [5.74, 6) is 1.66. The molecule has 0 unspecified atom stereocenters. The van der Waals surface area contributed by atoms with Crippen molar-refractivity contribution in [1.82, 2.24) is 5.32 Å². The number of para-hydroxylation sites is 2. The van der Waals surface area contributed by atoms with Gasteiger partial charge >= 0.3 is 0 Å². The molecule has 3 heteroatoms. The summed E-state index contributed by atoms with van der Waals surface area (Å²) in [6, 6.07) is 8.31. The van der Waals surface area contributed by atoms with Gasteiger partial charge in [-0.25, -0.2) is 0 Å². The lowest BCUT2D eigenvalue weighted by Gasteiger charge is -2.13. The van der Waals surface area contributed by atoms with Gasteiger partial charge in [0.2, 0.25) is 0 Å². The Labute approximate surface area is 104 Å². The number of ether oxygens (including phenoxy) is 2. The maximum atomic E-state index is 5.70. The van der Waals surface area contributed by atoms with E-state index in [1.54, 1.807) is 0 Å². The van der Waals surface area contributed by atoms with Crippen LogP contribution in [0.2, 0.25) is 0 Å². The summed E-state index contributed by atoms with van der Waals surface area (Å²) in [7, 11) is 0. The van der Waals surface area contributed by atoms with Crippen molar-refractivity contribution in [3.05, 3.63) is 24.3 Å². The van der Waals surface area contributed by atoms with Crippen molar-refractivity contribution in [3.8, 4) is 11.5 Å². The van der Waals surface area contributed by atoms with Gasteiger partial charge in [0.05, 0.1) is 6.61 Å². The van der Waals surface area contributed by atoms with Gasteiger partial charge in [0.15, 0.2) is 11.5 Å². The standard InChI is InChI=1S/C14H23NO2/c1-4-10-16-13-7-5-6-8-14(13)17-11-9-15-12(2)3/h5-8,12,15H,4,9-11H2,1-3H3. The van der Waals surface area contributed by atoms with Crippen LogP contribution in [0.15, 0.2) is 24.3 Å². The smallest absolute Gasteiger partial charge is 0.161 e. The highest BCUT2D eigenvalue weighted by molar-refractivity contribution is 5.39. The molecule has 1 N–H and O–H groups in total. The zero-order valence-corrected chi connectivity index (χ0v) is 11.0. The molecule has 0 aliphatic rings. The van der Waals surface area contributed by atoms with Gasteiger partial charge in [0, 0.05) is 12.6 Å². The summed E-state index contributed by atoms with van der Waals surface area (Å²) >= 11 is 0. The van der Waals surface area contributed by atoms with Crippen LogP contribution in [0.25, 0.3) is 0 Å². The van der Waals surface area contributed by atoms with E-state index in [0.29, 0.717) is 12.6 Å². The van der Waals surface area contributed by atoms with Crippen molar-refractivity contribution >= 4 is 0 Å². The summed E-state index contributed by atoms with van der Waals surface area (Å²) in [5, 5.41) is 3.31. The first-order valence-electron chi connectivity index (χ1n) is 6.32. The van der Waals surface area contributed by atoms with Crippen LogP contribution in [0.4, 0.5) is 0 Å². The van der Waals surface area contributed by atoms with Crippen molar-refractivity contribution in [2.75, 3.05) is 19.8 Å². The van der Waals surface area contributed by atoms with Crippen LogP contribution < -0.4 is 14.8 Å². The maximum absolute atomic E-state index is 5.70. The van der Waals surface area contributed by atoms with Crippen LogP contribution in [-0.2, 0) is 0 Å². The van der Waals surface area contributed by atoms with E-state index in [-0.39, 0.29) is 0 Å². The highest BCUT2D eigenvalue weighted by Gasteiger charge is 2.03. The van der Waals surface area contributed by atoms with Crippen molar-refractivity contribution in [2.24, 2.45) is 0 Å². The first-order chi connectivity index (χ1) is 8.24. The molecule has 1 aromatic carbocycles. The SMILES string of the molecule is CCCOc1ccccc1OCCNC(C)C. The van der Waals surface area contributed by atoms with Gasteiger partial charge in [-0.05, 0) is 18.6 Å². The van der Waals surface area contributed by atoms with E-state index in [1.807, 2.05) is 24.3 Å². The second kappa shape index (κ2) is 7.96. The normalized spacial score (nSPS) is 10.6. The third-order valence-corrected chi connectivity index (χ3v) is 2.22. The lowest BCUT2D eigenvalue weighted by atomic mass is 10.3. The fraction of sp³-hybridized carbons (Fsp3) is 0.571. The van der Waals surface area contributed by atoms with E-state index in [4.69, 9.17) is 9.47 Å². The van der Waals surface area contributed by atoms with Gasteiger partial charge in [0.25, 0.3) is 0 Å². The first kappa shape index (κ1) is 13.8. The minimum absolute atomic E-state index is 0.491. The fourth-order valence-corrected chi connectivity index (χ4v) is 1.41. The molecule has 96 valence electrons.